The Morgan fingerprint density at radius 1 is 1.14 bits per heavy atom. The number of esters is 2. The number of unbranched alkanes of at least 4 members (excludes halogenated alkanes) is 1. The number of aromatic nitrogens is 1. The monoisotopic (exact) mass is 406 g/mol. The van der Waals surface area contributed by atoms with Crippen molar-refractivity contribution in [2.45, 2.75) is 33.2 Å². The zero-order valence-electron chi connectivity index (χ0n) is 15.7. The number of benzene rings is 1. The molecular formula is C19H22N2O6S. The van der Waals surface area contributed by atoms with Crippen molar-refractivity contribution >= 4 is 34.9 Å². The number of ether oxygens (including phenoxy) is 2. The molecular weight excluding hydrogens is 384 g/mol. The van der Waals surface area contributed by atoms with Crippen molar-refractivity contribution in [3.63, 3.8) is 0 Å². The van der Waals surface area contributed by atoms with E-state index in [9.17, 15) is 19.2 Å². The maximum absolute atomic E-state index is 11.9. The number of nitrogens with zero attached hydrogens (tertiary/aromatic N) is 1. The van der Waals surface area contributed by atoms with Gasteiger partial charge in [-0.2, -0.15) is 0 Å². The van der Waals surface area contributed by atoms with Crippen molar-refractivity contribution in [3.8, 4) is 0 Å². The third-order valence-electron chi connectivity index (χ3n) is 3.76. The number of aryl methyl sites for hydroxylation is 1. The lowest BCUT2D eigenvalue weighted by atomic mass is 10.2. The Morgan fingerprint density at radius 2 is 1.86 bits per heavy atom. The fourth-order valence-corrected chi connectivity index (χ4v) is 2.93. The molecule has 0 aliphatic rings. The number of rotatable bonds is 9. The van der Waals surface area contributed by atoms with Gasteiger partial charge < -0.3 is 14.8 Å². The average Bonchev–Trinajstić information content (AvgIpc) is 2.99. The number of hydrogen-bond acceptors (Lipinski definition) is 7. The van der Waals surface area contributed by atoms with Crippen LogP contribution in [0.2, 0.25) is 0 Å². The third kappa shape index (κ3) is 6.34. The first-order valence-corrected chi connectivity index (χ1v) is 9.66. The zero-order chi connectivity index (χ0) is 20.5. The van der Waals surface area contributed by atoms with Crippen LogP contribution >= 0.6 is 11.3 Å². The molecule has 150 valence electrons. The van der Waals surface area contributed by atoms with E-state index in [1.807, 2.05) is 6.92 Å². The molecule has 1 amide bonds. The molecule has 0 aliphatic carbocycles. The van der Waals surface area contributed by atoms with E-state index < -0.39 is 24.5 Å². The second kappa shape index (κ2) is 10.4. The van der Waals surface area contributed by atoms with Gasteiger partial charge in [-0.1, -0.05) is 24.7 Å². The highest BCUT2D eigenvalue weighted by atomic mass is 32.1. The van der Waals surface area contributed by atoms with E-state index in [2.05, 4.69) is 5.32 Å². The summed E-state index contributed by atoms with van der Waals surface area (Å²) in [6.07, 6.45) is 1.74. The highest BCUT2D eigenvalue weighted by Crippen LogP contribution is 2.11. The Morgan fingerprint density at radius 3 is 2.46 bits per heavy atom. The summed E-state index contributed by atoms with van der Waals surface area (Å²) in [7, 11) is 0. The molecule has 0 saturated carbocycles. The molecule has 1 aromatic carbocycles. The molecule has 0 bridgehead atoms. The molecule has 0 unspecified atom stereocenters. The molecule has 0 saturated heterocycles. The van der Waals surface area contributed by atoms with Crippen molar-refractivity contribution < 1.29 is 23.9 Å². The Hall–Kier alpha value is -2.94. The maximum Gasteiger partial charge on any atom is 0.338 e. The van der Waals surface area contributed by atoms with Gasteiger partial charge in [-0.05, 0) is 37.6 Å². The largest absolute Gasteiger partial charge is 0.462 e. The van der Waals surface area contributed by atoms with Crippen molar-refractivity contribution in [2.24, 2.45) is 0 Å². The van der Waals surface area contributed by atoms with Gasteiger partial charge in [0.2, 0.25) is 0 Å². The Labute approximate surface area is 166 Å². The van der Waals surface area contributed by atoms with Gasteiger partial charge >= 0.3 is 16.8 Å². The van der Waals surface area contributed by atoms with E-state index in [-0.39, 0.29) is 11.4 Å². The summed E-state index contributed by atoms with van der Waals surface area (Å²) < 4.78 is 11.3. The number of carbonyl (C=O) groups excluding carboxylic acids is 3. The minimum absolute atomic E-state index is 0.240. The van der Waals surface area contributed by atoms with Gasteiger partial charge in [-0.3, -0.25) is 19.0 Å². The lowest BCUT2D eigenvalue weighted by Crippen LogP contribution is -2.26. The van der Waals surface area contributed by atoms with E-state index >= 15 is 0 Å². The third-order valence-corrected chi connectivity index (χ3v) is 4.64. The van der Waals surface area contributed by atoms with E-state index in [1.165, 1.54) is 4.57 Å². The van der Waals surface area contributed by atoms with Crippen molar-refractivity contribution in [1.29, 1.82) is 0 Å². The summed E-state index contributed by atoms with van der Waals surface area (Å²) in [5, 5.41) is 4.21. The molecule has 1 N–H and O–H groups in total. The highest BCUT2D eigenvalue weighted by Gasteiger charge is 2.12. The van der Waals surface area contributed by atoms with E-state index in [4.69, 9.17) is 9.47 Å². The Bertz CT molecular complexity index is 885. The van der Waals surface area contributed by atoms with Crippen LogP contribution in [0.3, 0.4) is 0 Å². The fourth-order valence-electron chi connectivity index (χ4n) is 2.20. The summed E-state index contributed by atoms with van der Waals surface area (Å²) in [4.78, 5) is 46.8. The summed E-state index contributed by atoms with van der Waals surface area (Å²) in [5.74, 6) is -1.62. The normalized spacial score (nSPS) is 10.4. The SMILES string of the molecule is CCCCOC(=O)c1ccc(NC(=O)COC(=O)Cn2c(C)csc2=O)cc1. The topological polar surface area (TPSA) is 104 Å². The predicted octanol–water partition coefficient (Wildman–Crippen LogP) is 2.36. The Kier molecular flexibility index (Phi) is 7.94. The van der Waals surface area contributed by atoms with Gasteiger partial charge in [0.05, 0.1) is 12.2 Å². The first-order chi connectivity index (χ1) is 13.4. The lowest BCUT2D eigenvalue weighted by Gasteiger charge is -2.08. The van der Waals surface area contributed by atoms with E-state index in [0.717, 1.165) is 24.2 Å². The number of amides is 1. The summed E-state index contributed by atoms with van der Waals surface area (Å²) in [6.45, 7) is 3.37. The molecule has 2 rings (SSSR count). The Balaban J connectivity index is 1.78. The van der Waals surface area contributed by atoms with Crippen LogP contribution in [0.5, 0.6) is 0 Å². The average molecular weight is 406 g/mol. The van der Waals surface area contributed by atoms with Crippen LogP contribution in [0.4, 0.5) is 5.69 Å². The molecule has 9 heteroatoms. The van der Waals surface area contributed by atoms with Gasteiger partial charge in [0.25, 0.3) is 5.91 Å². The van der Waals surface area contributed by atoms with Crippen LogP contribution in [0, 0.1) is 6.92 Å². The smallest absolute Gasteiger partial charge is 0.338 e. The summed E-state index contributed by atoms with van der Waals surface area (Å²) >= 11 is 0.995. The molecule has 1 heterocycles. The van der Waals surface area contributed by atoms with Gasteiger partial charge in [0, 0.05) is 16.8 Å². The van der Waals surface area contributed by atoms with Crippen LogP contribution in [-0.4, -0.2) is 35.6 Å². The molecule has 1 aromatic heterocycles. The highest BCUT2D eigenvalue weighted by molar-refractivity contribution is 7.07. The van der Waals surface area contributed by atoms with Crippen LogP contribution in [0.25, 0.3) is 0 Å². The van der Waals surface area contributed by atoms with E-state index in [0.29, 0.717) is 23.6 Å². The van der Waals surface area contributed by atoms with Crippen molar-refractivity contribution in [1.82, 2.24) is 4.57 Å². The number of anilines is 1. The van der Waals surface area contributed by atoms with E-state index in [1.54, 1.807) is 36.6 Å². The molecule has 0 radical (unpaired) electrons. The zero-order valence-corrected chi connectivity index (χ0v) is 16.5. The minimum atomic E-state index is -0.677. The summed E-state index contributed by atoms with van der Waals surface area (Å²) in [6, 6.07) is 6.21. The lowest BCUT2D eigenvalue weighted by molar-refractivity contribution is -0.147. The van der Waals surface area contributed by atoms with Gasteiger partial charge in [-0.25, -0.2) is 4.79 Å². The summed E-state index contributed by atoms with van der Waals surface area (Å²) in [5.41, 5.74) is 1.50. The quantitative estimate of drug-likeness (QED) is 0.506. The molecule has 0 spiro atoms. The van der Waals surface area contributed by atoms with Crippen LogP contribution in [0.1, 0.15) is 35.8 Å². The molecule has 0 aliphatic heterocycles. The maximum atomic E-state index is 11.9. The van der Waals surface area contributed by atoms with Crippen molar-refractivity contribution in [2.75, 3.05) is 18.5 Å². The van der Waals surface area contributed by atoms with Crippen LogP contribution < -0.4 is 10.2 Å². The second-order valence-electron chi connectivity index (χ2n) is 6.00. The first-order valence-electron chi connectivity index (χ1n) is 8.78. The van der Waals surface area contributed by atoms with Gasteiger partial charge in [0.15, 0.2) is 6.61 Å². The molecule has 0 fully saturated rings. The molecule has 8 nitrogen and oxygen atoms in total. The van der Waals surface area contributed by atoms with Crippen molar-refractivity contribution in [3.05, 3.63) is 50.6 Å². The van der Waals surface area contributed by atoms with Gasteiger partial charge in [-0.15, -0.1) is 0 Å². The molecule has 0 atom stereocenters. The molecule has 2 aromatic rings. The standard InChI is InChI=1S/C19H22N2O6S/c1-3-4-9-26-18(24)14-5-7-15(8-6-14)20-16(22)11-27-17(23)10-21-13(2)12-28-19(21)25/h5-8,12H,3-4,9-11H2,1-2H3,(H,20,22). The number of thiazole rings is 1. The number of hydrogen-bond donors (Lipinski definition) is 1. The molecule has 28 heavy (non-hydrogen) atoms. The number of nitrogens with one attached hydrogen (secondary N) is 1. The predicted molar refractivity (Wildman–Crippen MR) is 105 cm³/mol. The number of carbonyl (C=O) groups is 3. The minimum Gasteiger partial charge on any atom is -0.462 e. The van der Waals surface area contributed by atoms with Crippen LogP contribution in [-0.2, 0) is 25.6 Å². The first kappa shape index (κ1) is 21.4. The van der Waals surface area contributed by atoms with Gasteiger partial charge in [0.1, 0.15) is 6.54 Å². The second-order valence-corrected chi connectivity index (χ2v) is 6.83. The fraction of sp³-hybridized carbons (Fsp3) is 0.368. The van der Waals surface area contributed by atoms with Crippen LogP contribution in [0.15, 0.2) is 34.4 Å².